The maximum absolute atomic E-state index is 12.4. The predicted molar refractivity (Wildman–Crippen MR) is 79.9 cm³/mol. The minimum absolute atomic E-state index is 0.0325. The largest absolute Gasteiger partial charge is 0.384 e. The van der Waals surface area contributed by atoms with Gasteiger partial charge < -0.3 is 15.6 Å². The summed E-state index contributed by atoms with van der Waals surface area (Å²) in [4.78, 5) is 20.9. The molecule has 0 amide bonds. The summed E-state index contributed by atoms with van der Waals surface area (Å²) < 4.78 is 1.91. The molecule has 6 heteroatoms. The third-order valence-corrected chi connectivity index (χ3v) is 4.40. The van der Waals surface area contributed by atoms with Gasteiger partial charge in [0.1, 0.15) is 5.82 Å². The lowest BCUT2D eigenvalue weighted by Gasteiger charge is -2.37. The van der Waals surface area contributed by atoms with Crippen LogP contribution in [0.4, 0.5) is 5.82 Å². The first kappa shape index (κ1) is 12.5. The Kier molecular flexibility index (Phi) is 2.78. The van der Waals surface area contributed by atoms with Crippen LogP contribution in [0, 0.1) is 5.92 Å². The molecule has 2 atom stereocenters. The average Bonchev–Trinajstić information content (AvgIpc) is 2.48. The molecule has 2 aliphatic heterocycles. The van der Waals surface area contributed by atoms with Gasteiger partial charge in [0.25, 0.3) is 5.56 Å². The summed E-state index contributed by atoms with van der Waals surface area (Å²) in [5.41, 5.74) is 7.58. The van der Waals surface area contributed by atoms with Crippen molar-refractivity contribution in [3.63, 3.8) is 0 Å². The Balaban J connectivity index is 1.85. The normalized spacial score (nSPS) is 23.6. The third-order valence-electron chi connectivity index (χ3n) is 4.40. The highest BCUT2D eigenvalue weighted by molar-refractivity contribution is 5.57. The summed E-state index contributed by atoms with van der Waals surface area (Å²) in [6.07, 6.45) is 2.76. The number of anilines is 1. The molecule has 4 heterocycles. The van der Waals surface area contributed by atoms with Crippen molar-refractivity contribution in [3.05, 3.63) is 40.4 Å². The Labute approximate surface area is 122 Å². The summed E-state index contributed by atoms with van der Waals surface area (Å²) in [6.45, 7) is 2.73. The second kappa shape index (κ2) is 4.66. The minimum Gasteiger partial charge on any atom is -0.384 e. The molecular formula is C15H17N5O. The number of hydrogen-bond donors (Lipinski definition) is 2. The van der Waals surface area contributed by atoms with E-state index < -0.39 is 0 Å². The molecule has 0 aliphatic carbocycles. The van der Waals surface area contributed by atoms with Crippen LogP contribution in [-0.2, 0) is 6.54 Å². The molecule has 1 fully saturated rings. The van der Waals surface area contributed by atoms with E-state index in [2.05, 4.69) is 15.3 Å². The predicted octanol–water partition coefficient (Wildman–Crippen LogP) is 0.594. The molecule has 2 aromatic heterocycles. The number of nitrogens with zero attached hydrogens (tertiary/aromatic N) is 3. The Morgan fingerprint density at radius 1 is 1.33 bits per heavy atom. The van der Waals surface area contributed by atoms with Gasteiger partial charge >= 0.3 is 0 Å². The summed E-state index contributed by atoms with van der Waals surface area (Å²) in [7, 11) is 0. The van der Waals surface area contributed by atoms with Crippen LogP contribution in [0.25, 0.3) is 11.4 Å². The van der Waals surface area contributed by atoms with E-state index in [1.54, 1.807) is 18.3 Å². The molecule has 2 bridgehead atoms. The third kappa shape index (κ3) is 2.12. The zero-order valence-corrected chi connectivity index (χ0v) is 11.6. The molecule has 2 aliphatic rings. The molecule has 2 aromatic rings. The fourth-order valence-electron chi connectivity index (χ4n) is 3.44. The van der Waals surface area contributed by atoms with Crippen molar-refractivity contribution in [2.24, 2.45) is 5.92 Å². The Morgan fingerprint density at radius 3 is 3.10 bits per heavy atom. The van der Waals surface area contributed by atoms with E-state index in [-0.39, 0.29) is 5.56 Å². The van der Waals surface area contributed by atoms with E-state index in [9.17, 15) is 4.79 Å². The van der Waals surface area contributed by atoms with Crippen molar-refractivity contribution in [3.8, 4) is 11.4 Å². The van der Waals surface area contributed by atoms with Crippen molar-refractivity contribution in [2.45, 2.75) is 18.9 Å². The van der Waals surface area contributed by atoms with E-state index in [1.165, 1.54) is 0 Å². The number of fused-ring (bicyclic) bond motifs is 4. The lowest BCUT2D eigenvalue weighted by atomic mass is 9.84. The SMILES string of the molecule is Nc1ccnc(-c2cc3n(c(=O)c2)C[C@@H]2CNC[C@H]3C2)n1. The van der Waals surface area contributed by atoms with Gasteiger partial charge in [-0.25, -0.2) is 9.97 Å². The fraction of sp³-hybridized carbons (Fsp3) is 0.400. The first-order chi connectivity index (χ1) is 10.2. The molecule has 0 aromatic carbocycles. The van der Waals surface area contributed by atoms with Gasteiger partial charge in [0.05, 0.1) is 0 Å². The van der Waals surface area contributed by atoms with Crippen molar-refractivity contribution in [2.75, 3.05) is 18.8 Å². The van der Waals surface area contributed by atoms with Crippen LogP contribution in [0.15, 0.2) is 29.2 Å². The second-order valence-corrected chi connectivity index (χ2v) is 5.88. The second-order valence-electron chi connectivity index (χ2n) is 5.88. The number of nitrogen functional groups attached to an aromatic ring is 1. The van der Waals surface area contributed by atoms with Gasteiger partial charge in [0.2, 0.25) is 0 Å². The molecular weight excluding hydrogens is 266 g/mol. The summed E-state index contributed by atoms with van der Waals surface area (Å²) in [5, 5.41) is 3.45. The van der Waals surface area contributed by atoms with E-state index in [1.807, 2.05) is 10.6 Å². The maximum Gasteiger partial charge on any atom is 0.251 e. The minimum atomic E-state index is 0.0325. The summed E-state index contributed by atoms with van der Waals surface area (Å²) in [6, 6.07) is 5.31. The van der Waals surface area contributed by atoms with Gasteiger partial charge in [-0.2, -0.15) is 0 Å². The van der Waals surface area contributed by atoms with Crippen LogP contribution in [0.3, 0.4) is 0 Å². The zero-order valence-electron chi connectivity index (χ0n) is 11.6. The highest BCUT2D eigenvalue weighted by atomic mass is 16.1. The maximum atomic E-state index is 12.4. The Hall–Kier alpha value is -2.21. The van der Waals surface area contributed by atoms with Crippen LogP contribution >= 0.6 is 0 Å². The first-order valence-electron chi connectivity index (χ1n) is 7.25. The van der Waals surface area contributed by atoms with Gasteiger partial charge in [0.15, 0.2) is 5.82 Å². The molecule has 0 saturated carbocycles. The van der Waals surface area contributed by atoms with Crippen LogP contribution in [0.2, 0.25) is 0 Å². The van der Waals surface area contributed by atoms with Gasteiger partial charge in [-0.1, -0.05) is 0 Å². The van der Waals surface area contributed by atoms with Crippen LogP contribution in [0.1, 0.15) is 18.0 Å². The molecule has 1 saturated heterocycles. The Bertz CT molecular complexity index is 754. The number of nitrogens with two attached hydrogens (primary N) is 1. The van der Waals surface area contributed by atoms with Crippen LogP contribution in [0.5, 0.6) is 0 Å². The molecule has 0 radical (unpaired) electrons. The molecule has 0 spiro atoms. The standard InChI is InChI=1S/C15H17N5O/c16-13-1-2-18-15(19-13)10-4-12-11-3-9(6-17-7-11)8-20(12)14(21)5-10/h1-2,4-5,9,11,17H,3,6-8H2,(H2,16,18,19)/t9-,11+/m0/s1. The van der Waals surface area contributed by atoms with Gasteiger partial charge in [-0.05, 0) is 31.0 Å². The molecule has 21 heavy (non-hydrogen) atoms. The first-order valence-corrected chi connectivity index (χ1v) is 7.25. The molecule has 6 nitrogen and oxygen atoms in total. The number of nitrogens with one attached hydrogen (secondary N) is 1. The number of rotatable bonds is 1. The van der Waals surface area contributed by atoms with Crippen molar-refractivity contribution in [1.29, 1.82) is 0 Å². The lowest BCUT2D eigenvalue weighted by Crippen LogP contribution is -2.44. The van der Waals surface area contributed by atoms with E-state index in [0.29, 0.717) is 23.5 Å². The van der Waals surface area contributed by atoms with Gasteiger partial charge in [0, 0.05) is 42.5 Å². The smallest absolute Gasteiger partial charge is 0.251 e. The zero-order chi connectivity index (χ0) is 14.4. The molecule has 0 unspecified atom stereocenters. The van der Waals surface area contributed by atoms with Crippen molar-refractivity contribution < 1.29 is 0 Å². The molecule has 3 N–H and O–H groups in total. The van der Waals surface area contributed by atoms with Gasteiger partial charge in [-0.15, -0.1) is 0 Å². The monoisotopic (exact) mass is 283 g/mol. The Morgan fingerprint density at radius 2 is 2.24 bits per heavy atom. The number of hydrogen-bond acceptors (Lipinski definition) is 5. The number of aromatic nitrogens is 3. The topological polar surface area (TPSA) is 85.8 Å². The highest BCUT2D eigenvalue weighted by Crippen LogP contribution is 2.33. The van der Waals surface area contributed by atoms with Crippen LogP contribution in [-0.4, -0.2) is 27.6 Å². The van der Waals surface area contributed by atoms with Gasteiger partial charge in [-0.3, -0.25) is 4.79 Å². The van der Waals surface area contributed by atoms with Crippen LogP contribution < -0.4 is 16.6 Å². The fourth-order valence-corrected chi connectivity index (χ4v) is 3.44. The molecule has 4 rings (SSSR count). The quantitative estimate of drug-likeness (QED) is 0.800. The summed E-state index contributed by atoms with van der Waals surface area (Å²) >= 11 is 0. The van der Waals surface area contributed by atoms with E-state index in [4.69, 9.17) is 5.73 Å². The lowest BCUT2D eigenvalue weighted by molar-refractivity contribution is 0.257. The average molecular weight is 283 g/mol. The van der Waals surface area contributed by atoms with Crippen molar-refractivity contribution >= 4 is 5.82 Å². The highest BCUT2D eigenvalue weighted by Gasteiger charge is 2.31. The number of piperidine rings is 1. The number of pyridine rings is 1. The molecule has 108 valence electrons. The summed E-state index contributed by atoms with van der Waals surface area (Å²) in [5.74, 6) is 1.88. The van der Waals surface area contributed by atoms with Crippen molar-refractivity contribution in [1.82, 2.24) is 19.9 Å². The van der Waals surface area contributed by atoms with E-state index >= 15 is 0 Å². The van der Waals surface area contributed by atoms with E-state index in [0.717, 1.165) is 37.3 Å².